The summed E-state index contributed by atoms with van der Waals surface area (Å²) in [6.45, 7) is 4.44. The van der Waals surface area contributed by atoms with Crippen molar-refractivity contribution in [3.05, 3.63) is 193 Å². The third kappa shape index (κ3) is 5.38. The molecule has 0 unspecified atom stereocenters. The number of rotatable bonds is 7. The molecule has 0 heterocycles. The molecular weight excluding hydrogens is 581 g/mol. The van der Waals surface area contributed by atoms with Crippen LogP contribution < -0.4 is 9.80 Å². The van der Waals surface area contributed by atoms with Crippen LogP contribution in [0.2, 0.25) is 0 Å². The average molecular weight is 617 g/mol. The summed E-state index contributed by atoms with van der Waals surface area (Å²) in [6, 6.07) is 65.4. The molecule has 0 atom stereocenters. The van der Waals surface area contributed by atoms with E-state index < -0.39 is 0 Å². The molecule has 0 aromatic heterocycles. The van der Waals surface area contributed by atoms with E-state index in [4.69, 9.17) is 0 Å². The van der Waals surface area contributed by atoms with Gasteiger partial charge in [-0.1, -0.05) is 121 Å². The highest BCUT2D eigenvalue weighted by Crippen LogP contribution is 2.43. The summed E-state index contributed by atoms with van der Waals surface area (Å²) in [7, 11) is 0. The van der Waals surface area contributed by atoms with Gasteiger partial charge in [0.25, 0.3) is 0 Å². The van der Waals surface area contributed by atoms with E-state index in [1.54, 1.807) is 0 Å². The number of hydrogen-bond donors (Lipinski definition) is 0. The molecule has 2 nitrogen and oxygen atoms in total. The molecule has 0 saturated carbocycles. The zero-order chi connectivity index (χ0) is 32.5. The SMILES string of the molecule is Cc1cc(-c2ccc(N(c3ccccc3)c3cccc4ccccc34)c(C)c2)ccc1N(c1ccccc1)c1cccc2ccccc12. The van der Waals surface area contributed by atoms with Gasteiger partial charge in [-0.25, -0.2) is 0 Å². The van der Waals surface area contributed by atoms with Crippen LogP contribution in [0.3, 0.4) is 0 Å². The van der Waals surface area contributed by atoms with Gasteiger partial charge in [-0.3, -0.25) is 0 Å². The van der Waals surface area contributed by atoms with Crippen molar-refractivity contribution in [2.24, 2.45) is 0 Å². The Labute approximate surface area is 282 Å². The molecule has 0 aliphatic carbocycles. The minimum atomic E-state index is 1.14. The number of para-hydroxylation sites is 2. The van der Waals surface area contributed by atoms with E-state index in [0.717, 1.165) is 11.4 Å². The fraction of sp³-hybridized carbons (Fsp3) is 0.0435. The monoisotopic (exact) mass is 616 g/mol. The van der Waals surface area contributed by atoms with Crippen LogP contribution in [0.1, 0.15) is 11.1 Å². The van der Waals surface area contributed by atoms with E-state index in [1.807, 2.05) is 0 Å². The lowest BCUT2D eigenvalue weighted by atomic mass is 9.98. The van der Waals surface area contributed by atoms with E-state index in [1.165, 1.54) is 66.5 Å². The van der Waals surface area contributed by atoms with Crippen LogP contribution in [0.4, 0.5) is 34.1 Å². The molecule has 230 valence electrons. The van der Waals surface area contributed by atoms with Crippen molar-refractivity contribution in [1.29, 1.82) is 0 Å². The predicted octanol–water partition coefficient (Wildman–Crippen LogP) is 13.2. The van der Waals surface area contributed by atoms with Crippen molar-refractivity contribution >= 4 is 55.7 Å². The van der Waals surface area contributed by atoms with Gasteiger partial charge in [0.2, 0.25) is 0 Å². The smallest absolute Gasteiger partial charge is 0.0540 e. The third-order valence-corrected chi connectivity index (χ3v) is 9.25. The second kappa shape index (κ2) is 12.6. The van der Waals surface area contributed by atoms with Gasteiger partial charge < -0.3 is 9.80 Å². The topological polar surface area (TPSA) is 6.48 Å². The molecule has 0 aliphatic heterocycles. The summed E-state index contributed by atoms with van der Waals surface area (Å²) in [5.41, 5.74) is 11.8. The van der Waals surface area contributed by atoms with Crippen LogP contribution in [0.25, 0.3) is 32.7 Å². The van der Waals surface area contributed by atoms with E-state index in [9.17, 15) is 0 Å². The first-order chi connectivity index (χ1) is 23.7. The first-order valence-electron chi connectivity index (χ1n) is 16.5. The molecule has 8 rings (SSSR count). The Kier molecular flexibility index (Phi) is 7.68. The molecule has 0 fully saturated rings. The van der Waals surface area contributed by atoms with Gasteiger partial charge in [-0.2, -0.15) is 0 Å². The number of fused-ring (bicyclic) bond motifs is 2. The molecular formula is C46H36N2. The van der Waals surface area contributed by atoms with Crippen molar-refractivity contribution in [3.8, 4) is 11.1 Å². The molecule has 0 spiro atoms. The lowest BCUT2D eigenvalue weighted by Crippen LogP contribution is -2.12. The van der Waals surface area contributed by atoms with Crippen LogP contribution in [-0.2, 0) is 0 Å². The van der Waals surface area contributed by atoms with Gasteiger partial charge in [0.05, 0.1) is 11.4 Å². The summed E-state index contributed by atoms with van der Waals surface area (Å²) in [6.07, 6.45) is 0. The molecule has 0 bridgehead atoms. The minimum absolute atomic E-state index is 1.14. The molecule has 2 heteroatoms. The lowest BCUT2D eigenvalue weighted by Gasteiger charge is -2.29. The first-order valence-corrected chi connectivity index (χ1v) is 16.5. The maximum Gasteiger partial charge on any atom is 0.0540 e. The van der Waals surface area contributed by atoms with E-state index in [2.05, 4.69) is 206 Å². The standard InChI is InChI=1S/C46H36N2/c1-33-31-37(27-29-43(33)47(39-19-5-3-6-20-39)45-25-13-17-35-15-9-11-23-41(35)45)38-28-30-44(34(2)32-38)48(40-21-7-4-8-22-40)46-26-14-18-36-16-10-12-24-42(36)46/h3-32H,1-2H3. The molecule has 0 radical (unpaired) electrons. The van der Waals surface area contributed by atoms with E-state index >= 15 is 0 Å². The Balaban J connectivity index is 1.21. The average Bonchev–Trinajstić information content (AvgIpc) is 3.14. The number of benzene rings is 8. The quantitative estimate of drug-likeness (QED) is 0.176. The zero-order valence-electron chi connectivity index (χ0n) is 27.2. The lowest BCUT2D eigenvalue weighted by molar-refractivity contribution is 1.25. The molecule has 0 aliphatic rings. The Hall–Kier alpha value is -6.12. The van der Waals surface area contributed by atoms with Crippen LogP contribution in [-0.4, -0.2) is 0 Å². The van der Waals surface area contributed by atoms with Crippen molar-refractivity contribution < 1.29 is 0 Å². The van der Waals surface area contributed by atoms with Crippen molar-refractivity contribution in [3.63, 3.8) is 0 Å². The van der Waals surface area contributed by atoms with Gasteiger partial charge >= 0.3 is 0 Å². The van der Waals surface area contributed by atoms with Crippen molar-refractivity contribution in [1.82, 2.24) is 0 Å². The van der Waals surface area contributed by atoms with E-state index in [-0.39, 0.29) is 0 Å². The molecule has 48 heavy (non-hydrogen) atoms. The van der Waals surface area contributed by atoms with Crippen LogP contribution in [0.5, 0.6) is 0 Å². The molecule has 0 N–H and O–H groups in total. The maximum absolute atomic E-state index is 2.39. The Morgan fingerprint density at radius 3 is 1.10 bits per heavy atom. The summed E-state index contributed by atoms with van der Waals surface area (Å²) in [5.74, 6) is 0. The summed E-state index contributed by atoms with van der Waals surface area (Å²) >= 11 is 0. The molecule has 8 aromatic carbocycles. The van der Waals surface area contributed by atoms with Crippen molar-refractivity contribution in [2.45, 2.75) is 13.8 Å². The number of hydrogen-bond acceptors (Lipinski definition) is 2. The van der Waals surface area contributed by atoms with Gasteiger partial charge in [0.15, 0.2) is 0 Å². The second-order valence-corrected chi connectivity index (χ2v) is 12.3. The van der Waals surface area contributed by atoms with Crippen LogP contribution in [0, 0.1) is 13.8 Å². The number of nitrogens with zero attached hydrogens (tertiary/aromatic N) is 2. The van der Waals surface area contributed by atoms with Gasteiger partial charge in [-0.05, 0) is 108 Å². The third-order valence-electron chi connectivity index (χ3n) is 9.25. The highest BCUT2D eigenvalue weighted by molar-refractivity contribution is 6.00. The first kappa shape index (κ1) is 29.3. The maximum atomic E-state index is 2.39. The fourth-order valence-corrected chi connectivity index (χ4v) is 6.95. The van der Waals surface area contributed by atoms with Gasteiger partial charge in [-0.15, -0.1) is 0 Å². The molecule has 0 saturated heterocycles. The zero-order valence-corrected chi connectivity index (χ0v) is 27.2. The normalized spacial score (nSPS) is 11.1. The van der Waals surface area contributed by atoms with Gasteiger partial charge in [0.1, 0.15) is 0 Å². The fourth-order valence-electron chi connectivity index (χ4n) is 6.95. The summed E-state index contributed by atoms with van der Waals surface area (Å²) in [4.78, 5) is 4.77. The van der Waals surface area contributed by atoms with Gasteiger partial charge in [0, 0.05) is 33.5 Å². The molecule has 8 aromatic rings. The number of aryl methyl sites for hydroxylation is 2. The second-order valence-electron chi connectivity index (χ2n) is 12.3. The Bertz CT molecular complexity index is 2200. The molecule has 0 amide bonds. The minimum Gasteiger partial charge on any atom is -0.310 e. The Morgan fingerprint density at radius 2 is 0.688 bits per heavy atom. The number of anilines is 6. The van der Waals surface area contributed by atoms with Crippen LogP contribution >= 0.6 is 0 Å². The predicted molar refractivity (Wildman–Crippen MR) is 206 cm³/mol. The Morgan fingerprint density at radius 1 is 0.312 bits per heavy atom. The highest BCUT2D eigenvalue weighted by atomic mass is 15.2. The van der Waals surface area contributed by atoms with Crippen molar-refractivity contribution in [2.75, 3.05) is 9.80 Å². The van der Waals surface area contributed by atoms with Crippen LogP contribution in [0.15, 0.2) is 182 Å². The highest BCUT2D eigenvalue weighted by Gasteiger charge is 2.19. The summed E-state index contributed by atoms with van der Waals surface area (Å²) < 4.78 is 0. The van der Waals surface area contributed by atoms with E-state index in [0.29, 0.717) is 0 Å². The summed E-state index contributed by atoms with van der Waals surface area (Å²) in [5, 5.41) is 4.92. The largest absolute Gasteiger partial charge is 0.310 e.